The number of halogens is 2. The van der Waals surface area contributed by atoms with Crippen molar-refractivity contribution in [1.82, 2.24) is 10.4 Å². The van der Waals surface area contributed by atoms with E-state index >= 15 is 0 Å². The zero-order valence-electron chi connectivity index (χ0n) is 17.6. The van der Waals surface area contributed by atoms with Gasteiger partial charge in [0, 0.05) is 24.7 Å². The number of hydrogen-bond donors (Lipinski definition) is 2. The topological polar surface area (TPSA) is 95.9 Å². The zero-order chi connectivity index (χ0) is 22.6. The molecule has 1 saturated heterocycles. The normalized spacial score (nSPS) is 16.0. The molecular formula is C22H26Cl2N2O5S. The van der Waals surface area contributed by atoms with Crippen molar-refractivity contribution < 1.29 is 23.2 Å². The van der Waals surface area contributed by atoms with Crippen molar-refractivity contribution in [2.75, 3.05) is 19.6 Å². The van der Waals surface area contributed by atoms with Gasteiger partial charge in [-0.25, -0.2) is 13.9 Å². The van der Waals surface area contributed by atoms with Crippen molar-refractivity contribution >= 4 is 39.8 Å². The summed E-state index contributed by atoms with van der Waals surface area (Å²) in [7, 11) is -4.07. The van der Waals surface area contributed by atoms with Gasteiger partial charge in [0.25, 0.3) is 5.91 Å². The van der Waals surface area contributed by atoms with Crippen LogP contribution in [0.2, 0.25) is 5.02 Å². The summed E-state index contributed by atoms with van der Waals surface area (Å²) >= 11 is 6.02. The summed E-state index contributed by atoms with van der Waals surface area (Å²) in [5.74, 6) is 0.105. The number of sulfone groups is 1. The van der Waals surface area contributed by atoms with Crippen LogP contribution < -0.4 is 10.2 Å². The van der Waals surface area contributed by atoms with Gasteiger partial charge in [0.2, 0.25) is 0 Å². The lowest BCUT2D eigenvalue weighted by atomic mass is 9.95. The number of nitrogens with zero attached hydrogens (tertiary/aromatic N) is 1. The van der Waals surface area contributed by atoms with Crippen LogP contribution in [0.1, 0.15) is 18.4 Å². The Morgan fingerprint density at radius 3 is 2.34 bits per heavy atom. The van der Waals surface area contributed by atoms with E-state index in [1.807, 2.05) is 11.8 Å². The molecule has 0 unspecified atom stereocenters. The molecule has 7 nitrogen and oxygen atoms in total. The first kappa shape index (κ1) is 26.2. The average Bonchev–Trinajstić information content (AvgIpc) is 2.77. The van der Waals surface area contributed by atoms with Crippen LogP contribution in [0.15, 0.2) is 60.0 Å². The number of nitrogens with one attached hydrogen (secondary N) is 1. The lowest BCUT2D eigenvalue weighted by Crippen LogP contribution is -2.57. The zero-order valence-corrected chi connectivity index (χ0v) is 20.0. The van der Waals surface area contributed by atoms with E-state index in [0.717, 1.165) is 5.56 Å². The summed E-state index contributed by atoms with van der Waals surface area (Å²) in [5, 5.41) is 9.88. The van der Waals surface area contributed by atoms with E-state index in [4.69, 9.17) is 16.3 Å². The third-order valence-corrected chi connectivity index (χ3v) is 8.52. The van der Waals surface area contributed by atoms with Gasteiger partial charge in [-0.3, -0.25) is 14.9 Å². The van der Waals surface area contributed by atoms with Gasteiger partial charge in [-0.2, -0.15) is 0 Å². The summed E-state index contributed by atoms with van der Waals surface area (Å²) in [4.78, 5) is 14.5. The van der Waals surface area contributed by atoms with Crippen LogP contribution in [-0.2, 0) is 14.6 Å². The highest BCUT2D eigenvalue weighted by Gasteiger charge is 2.52. The fourth-order valence-corrected chi connectivity index (χ4v) is 5.80. The Morgan fingerprint density at radius 1 is 1.22 bits per heavy atom. The molecule has 3 rings (SSSR count). The van der Waals surface area contributed by atoms with Crippen molar-refractivity contribution in [3.8, 4) is 11.5 Å². The molecule has 174 valence electrons. The van der Waals surface area contributed by atoms with Gasteiger partial charge in [0.1, 0.15) is 11.5 Å². The molecule has 1 heterocycles. The Labute approximate surface area is 199 Å². The Balaban J connectivity index is 0.00000363. The molecule has 2 N–H and O–H groups in total. The predicted octanol–water partition coefficient (Wildman–Crippen LogP) is 4.16. The second kappa shape index (κ2) is 10.7. The standard InChI is InChI=1S/C22H25ClN2O5S.ClH/c1-3-12-25-13-10-22(11-14-25,21(26)24-27)31(28,29)19-7-4-17(5-8-19)30-18-6-9-20(23)16(2)15-18;/h3-9,15,27H,1,10-14H2,2H3,(H,24,26);1H. The molecule has 1 aliphatic rings. The molecule has 2 aromatic carbocycles. The van der Waals surface area contributed by atoms with Crippen molar-refractivity contribution in [2.45, 2.75) is 29.4 Å². The Bertz CT molecular complexity index is 1070. The van der Waals surface area contributed by atoms with Gasteiger partial charge in [-0.1, -0.05) is 17.7 Å². The number of hydroxylamine groups is 1. The van der Waals surface area contributed by atoms with Crippen molar-refractivity contribution in [3.63, 3.8) is 0 Å². The minimum atomic E-state index is -4.07. The summed E-state index contributed by atoms with van der Waals surface area (Å²) in [6.07, 6.45) is 1.87. The maximum atomic E-state index is 13.5. The quantitative estimate of drug-likeness (QED) is 0.336. The molecule has 0 aliphatic carbocycles. The molecule has 0 atom stereocenters. The van der Waals surface area contributed by atoms with Gasteiger partial charge in [-0.15, -0.1) is 19.0 Å². The highest BCUT2D eigenvalue weighted by Crippen LogP contribution is 2.37. The third kappa shape index (κ3) is 5.10. The lowest BCUT2D eigenvalue weighted by Gasteiger charge is -2.39. The van der Waals surface area contributed by atoms with E-state index in [9.17, 15) is 18.4 Å². The number of carbonyl (C=O) groups is 1. The van der Waals surface area contributed by atoms with Crippen LogP contribution in [0.25, 0.3) is 0 Å². The van der Waals surface area contributed by atoms with Crippen molar-refractivity contribution in [2.24, 2.45) is 0 Å². The van der Waals surface area contributed by atoms with Crippen LogP contribution >= 0.6 is 24.0 Å². The monoisotopic (exact) mass is 500 g/mol. The molecule has 10 heteroatoms. The number of benzene rings is 2. The minimum Gasteiger partial charge on any atom is -0.457 e. The molecule has 1 fully saturated rings. The maximum Gasteiger partial charge on any atom is 0.265 e. The smallest absolute Gasteiger partial charge is 0.265 e. The molecule has 0 saturated carbocycles. The Kier molecular flexibility index (Phi) is 8.73. The first-order valence-corrected chi connectivity index (χ1v) is 11.7. The fourth-order valence-electron chi connectivity index (χ4n) is 3.73. The highest BCUT2D eigenvalue weighted by molar-refractivity contribution is 7.93. The van der Waals surface area contributed by atoms with Gasteiger partial charge < -0.3 is 4.74 Å². The largest absolute Gasteiger partial charge is 0.457 e. The van der Waals surface area contributed by atoms with Crippen LogP contribution in [0.3, 0.4) is 0 Å². The van der Waals surface area contributed by atoms with Gasteiger partial charge >= 0.3 is 0 Å². The molecule has 0 bridgehead atoms. The van der Waals surface area contributed by atoms with E-state index in [0.29, 0.717) is 36.2 Å². The summed E-state index contributed by atoms with van der Waals surface area (Å²) in [5.41, 5.74) is 2.42. The van der Waals surface area contributed by atoms with Crippen molar-refractivity contribution in [3.05, 3.63) is 65.7 Å². The van der Waals surface area contributed by atoms with E-state index in [1.54, 1.807) is 29.8 Å². The number of rotatable bonds is 7. The number of carbonyl (C=O) groups excluding carboxylic acids is 1. The van der Waals surface area contributed by atoms with E-state index in [1.165, 1.54) is 24.3 Å². The highest BCUT2D eigenvalue weighted by atomic mass is 35.5. The maximum absolute atomic E-state index is 13.5. The van der Waals surface area contributed by atoms with Gasteiger partial charge in [-0.05, 0) is 67.8 Å². The average molecular weight is 501 g/mol. The molecular weight excluding hydrogens is 475 g/mol. The number of amides is 1. The number of hydrogen-bond acceptors (Lipinski definition) is 6. The number of aryl methyl sites for hydroxylation is 1. The van der Waals surface area contributed by atoms with Gasteiger partial charge in [0.15, 0.2) is 14.6 Å². The molecule has 0 radical (unpaired) electrons. The van der Waals surface area contributed by atoms with Gasteiger partial charge in [0.05, 0.1) is 4.90 Å². The molecule has 1 aliphatic heterocycles. The Morgan fingerprint density at radius 2 is 1.81 bits per heavy atom. The SMILES string of the molecule is C=CCN1CCC(C(=O)NO)(S(=O)(=O)c2ccc(Oc3ccc(Cl)c(C)c3)cc2)CC1.Cl. The first-order chi connectivity index (χ1) is 14.7. The van der Waals surface area contributed by atoms with Crippen molar-refractivity contribution in [1.29, 1.82) is 0 Å². The molecule has 2 aromatic rings. The van der Waals surface area contributed by atoms with Crippen LogP contribution in [0.5, 0.6) is 11.5 Å². The third-order valence-electron chi connectivity index (χ3n) is 5.58. The number of ether oxygens (including phenoxy) is 1. The number of likely N-dealkylation sites (tertiary alicyclic amines) is 1. The van der Waals surface area contributed by atoms with Crippen LogP contribution in [0, 0.1) is 6.92 Å². The molecule has 0 aromatic heterocycles. The second-order valence-electron chi connectivity index (χ2n) is 7.51. The van der Waals surface area contributed by atoms with E-state index in [-0.39, 0.29) is 30.1 Å². The van der Waals surface area contributed by atoms with Crippen LogP contribution in [0.4, 0.5) is 0 Å². The summed E-state index contributed by atoms with van der Waals surface area (Å²) < 4.78 is 31.0. The van der Waals surface area contributed by atoms with E-state index in [2.05, 4.69) is 6.58 Å². The number of piperidine rings is 1. The second-order valence-corrected chi connectivity index (χ2v) is 10.2. The summed E-state index contributed by atoms with van der Waals surface area (Å²) in [6, 6.07) is 11.1. The predicted molar refractivity (Wildman–Crippen MR) is 126 cm³/mol. The molecule has 32 heavy (non-hydrogen) atoms. The minimum absolute atomic E-state index is 0. The lowest BCUT2D eigenvalue weighted by molar-refractivity contribution is -0.133. The molecule has 0 spiro atoms. The summed E-state index contributed by atoms with van der Waals surface area (Å²) in [6.45, 7) is 6.95. The van der Waals surface area contributed by atoms with E-state index < -0.39 is 20.5 Å². The fraction of sp³-hybridized carbons (Fsp3) is 0.318. The Hall–Kier alpha value is -2.10. The van der Waals surface area contributed by atoms with Crippen LogP contribution in [-0.4, -0.2) is 48.8 Å². The first-order valence-electron chi connectivity index (χ1n) is 9.80. The molecule has 1 amide bonds.